The van der Waals surface area contributed by atoms with Gasteiger partial charge in [0.1, 0.15) is 0 Å². The molecule has 0 saturated carbocycles. The Bertz CT molecular complexity index is 197. The SMILES string of the molecule is C1CCN(C2CCNCC2)C1.CC.CC#CC. The summed E-state index contributed by atoms with van der Waals surface area (Å²) >= 11 is 0. The maximum Gasteiger partial charge on any atom is 0.0119 e. The van der Waals surface area contributed by atoms with Crippen LogP contribution in [0.3, 0.4) is 0 Å². The lowest BCUT2D eigenvalue weighted by Crippen LogP contribution is -2.41. The Balaban J connectivity index is 0.000000368. The number of nitrogens with zero attached hydrogens (tertiary/aromatic N) is 1. The monoisotopic (exact) mass is 238 g/mol. The van der Waals surface area contributed by atoms with Crippen molar-refractivity contribution < 1.29 is 0 Å². The van der Waals surface area contributed by atoms with Gasteiger partial charge in [0.15, 0.2) is 0 Å². The second kappa shape index (κ2) is 12.0. The van der Waals surface area contributed by atoms with E-state index in [0.29, 0.717) is 0 Å². The fraction of sp³-hybridized carbons (Fsp3) is 0.867. The molecule has 2 heterocycles. The minimum Gasteiger partial charge on any atom is -0.317 e. The first-order chi connectivity index (χ1) is 8.38. The molecule has 1 N–H and O–H groups in total. The molecule has 2 heteroatoms. The lowest BCUT2D eigenvalue weighted by Gasteiger charge is -2.31. The van der Waals surface area contributed by atoms with E-state index in [4.69, 9.17) is 0 Å². The van der Waals surface area contributed by atoms with Gasteiger partial charge in [0.25, 0.3) is 0 Å². The quantitative estimate of drug-likeness (QED) is 0.707. The summed E-state index contributed by atoms with van der Waals surface area (Å²) < 4.78 is 0. The molecule has 0 aromatic heterocycles. The van der Waals surface area contributed by atoms with E-state index in [0.717, 1.165) is 6.04 Å². The Morgan fingerprint density at radius 2 is 1.41 bits per heavy atom. The van der Waals surface area contributed by atoms with Crippen molar-refractivity contribution in [3.8, 4) is 11.8 Å². The number of rotatable bonds is 1. The van der Waals surface area contributed by atoms with Gasteiger partial charge in [-0.3, -0.25) is 0 Å². The average molecular weight is 238 g/mol. The van der Waals surface area contributed by atoms with Gasteiger partial charge in [0.2, 0.25) is 0 Å². The van der Waals surface area contributed by atoms with Crippen LogP contribution in [-0.2, 0) is 0 Å². The maximum absolute atomic E-state index is 3.41. The number of hydrogen-bond donors (Lipinski definition) is 1. The zero-order chi connectivity index (χ0) is 12.9. The molecular weight excluding hydrogens is 208 g/mol. The predicted molar refractivity (Wildman–Crippen MR) is 77.2 cm³/mol. The normalized spacial score (nSPS) is 20.2. The van der Waals surface area contributed by atoms with Gasteiger partial charge in [0, 0.05) is 6.04 Å². The van der Waals surface area contributed by atoms with Gasteiger partial charge in [-0.25, -0.2) is 0 Å². The number of piperidine rings is 1. The van der Waals surface area contributed by atoms with E-state index in [1.54, 1.807) is 0 Å². The van der Waals surface area contributed by atoms with Crippen molar-refractivity contribution in [1.82, 2.24) is 10.2 Å². The summed E-state index contributed by atoms with van der Waals surface area (Å²) in [5.74, 6) is 5.36. The van der Waals surface area contributed by atoms with Gasteiger partial charge in [-0.05, 0) is 65.7 Å². The zero-order valence-electron chi connectivity index (χ0n) is 12.2. The van der Waals surface area contributed by atoms with Crippen molar-refractivity contribution in [2.45, 2.75) is 59.4 Å². The molecule has 2 aliphatic rings. The van der Waals surface area contributed by atoms with Crippen LogP contribution >= 0.6 is 0 Å². The highest BCUT2D eigenvalue weighted by Crippen LogP contribution is 2.17. The molecule has 0 aliphatic carbocycles. The van der Waals surface area contributed by atoms with E-state index in [1.807, 2.05) is 27.7 Å². The summed E-state index contributed by atoms with van der Waals surface area (Å²) in [6.45, 7) is 12.8. The van der Waals surface area contributed by atoms with E-state index in [9.17, 15) is 0 Å². The van der Waals surface area contributed by atoms with Gasteiger partial charge in [-0.2, -0.15) is 0 Å². The topological polar surface area (TPSA) is 15.3 Å². The van der Waals surface area contributed by atoms with E-state index >= 15 is 0 Å². The summed E-state index contributed by atoms with van der Waals surface area (Å²) in [5.41, 5.74) is 0. The third kappa shape index (κ3) is 7.41. The Morgan fingerprint density at radius 1 is 0.941 bits per heavy atom. The molecule has 0 radical (unpaired) electrons. The summed E-state index contributed by atoms with van der Waals surface area (Å²) in [6, 6.07) is 0.916. The first kappa shape index (κ1) is 16.5. The predicted octanol–water partition coefficient (Wildman–Crippen LogP) is 2.89. The van der Waals surface area contributed by atoms with Crippen LogP contribution in [-0.4, -0.2) is 37.1 Å². The van der Waals surface area contributed by atoms with Crippen LogP contribution in [0.4, 0.5) is 0 Å². The highest BCUT2D eigenvalue weighted by molar-refractivity contribution is 4.89. The largest absolute Gasteiger partial charge is 0.317 e. The fourth-order valence-corrected chi connectivity index (χ4v) is 2.28. The molecule has 2 aliphatic heterocycles. The molecule has 2 rings (SSSR count). The van der Waals surface area contributed by atoms with Crippen LogP contribution in [0.25, 0.3) is 0 Å². The maximum atomic E-state index is 3.41. The van der Waals surface area contributed by atoms with Crippen molar-refractivity contribution in [3.63, 3.8) is 0 Å². The average Bonchev–Trinajstić information content (AvgIpc) is 2.96. The van der Waals surface area contributed by atoms with Gasteiger partial charge >= 0.3 is 0 Å². The van der Waals surface area contributed by atoms with Crippen LogP contribution < -0.4 is 5.32 Å². The van der Waals surface area contributed by atoms with Gasteiger partial charge < -0.3 is 10.2 Å². The van der Waals surface area contributed by atoms with Crippen molar-refractivity contribution in [2.75, 3.05) is 26.2 Å². The summed E-state index contributed by atoms with van der Waals surface area (Å²) in [5, 5.41) is 3.41. The van der Waals surface area contributed by atoms with Crippen molar-refractivity contribution in [1.29, 1.82) is 0 Å². The molecular formula is C15H30N2. The molecule has 0 spiro atoms. The smallest absolute Gasteiger partial charge is 0.0119 e. The number of hydrogen-bond acceptors (Lipinski definition) is 2. The third-order valence-electron chi connectivity index (χ3n) is 3.22. The molecule has 0 bridgehead atoms. The minimum atomic E-state index is 0.916. The summed E-state index contributed by atoms with van der Waals surface area (Å²) in [7, 11) is 0. The second-order valence-electron chi connectivity index (χ2n) is 4.22. The van der Waals surface area contributed by atoms with E-state index in [1.165, 1.54) is 51.9 Å². The second-order valence-corrected chi connectivity index (χ2v) is 4.22. The molecule has 0 atom stereocenters. The Labute approximate surface area is 108 Å². The molecule has 17 heavy (non-hydrogen) atoms. The molecule has 0 unspecified atom stereocenters. The van der Waals surface area contributed by atoms with E-state index < -0.39 is 0 Å². The summed E-state index contributed by atoms with van der Waals surface area (Å²) in [4.78, 5) is 2.68. The van der Waals surface area contributed by atoms with Crippen LogP contribution in [0.2, 0.25) is 0 Å². The molecule has 2 saturated heterocycles. The number of likely N-dealkylation sites (tertiary alicyclic amines) is 1. The van der Waals surface area contributed by atoms with Crippen LogP contribution in [0.1, 0.15) is 53.4 Å². The standard InChI is InChI=1S/C9H18N2.C4H6.C2H6/c1-2-8-11(7-1)9-3-5-10-6-4-9;1-3-4-2;1-2/h9-10H,1-8H2;1-2H3;1-2H3. The summed E-state index contributed by atoms with van der Waals surface area (Å²) in [6.07, 6.45) is 5.62. The van der Waals surface area contributed by atoms with Crippen LogP contribution in [0.5, 0.6) is 0 Å². The van der Waals surface area contributed by atoms with Gasteiger partial charge in [-0.15, -0.1) is 11.8 Å². The van der Waals surface area contributed by atoms with Crippen LogP contribution in [0, 0.1) is 11.8 Å². The lowest BCUT2D eigenvalue weighted by molar-refractivity contribution is 0.199. The molecule has 0 amide bonds. The van der Waals surface area contributed by atoms with Crippen molar-refractivity contribution in [2.24, 2.45) is 0 Å². The Hall–Kier alpha value is -0.520. The van der Waals surface area contributed by atoms with Gasteiger partial charge in [-0.1, -0.05) is 13.8 Å². The van der Waals surface area contributed by atoms with Crippen LogP contribution in [0.15, 0.2) is 0 Å². The first-order valence-corrected chi connectivity index (χ1v) is 7.16. The fourth-order valence-electron chi connectivity index (χ4n) is 2.28. The lowest BCUT2D eigenvalue weighted by atomic mass is 10.1. The Kier molecular flexibility index (Phi) is 11.6. The first-order valence-electron chi connectivity index (χ1n) is 7.16. The molecule has 2 nitrogen and oxygen atoms in total. The highest BCUT2D eigenvalue weighted by atomic mass is 15.2. The molecule has 100 valence electrons. The van der Waals surface area contributed by atoms with Crippen molar-refractivity contribution in [3.05, 3.63) is 0 Å². The van der Waals surface area contributed by atoms with E-state index in [-0.39, 0.29) is 0 Å². The number of nitrogens with one attached hydrogen (secondary N) is 1. The molecule has 0 aromatic carbocycles. The Morgan fingerprint density at radius 3 is 1.82 bits per heavy atom. The minimum absolute atomic E-state index is 0.916. The molecule has 0 aromatic rings. The highest BCUT2D eigenvalue weighted by Gasteiger charge is 2.22. The molecule has 2 fully saturated rings. The zero-order valence-corrected chi connectivity index (χ0v) is 12.2. The van der Waals surface area contributed by atoms with E-state index in [2.05, 4.69) is 22.1 Å². The third-order valence-corrected chi connectivity index (χ3v) is 3.22. The van der Waals surface area contributed by atoms with Crippen molar-refractivity contribution >= 4 is 0 Å². The van der Waals surface area contributed by atoms with Gasteiger partial charge in [0.05, 0.1) is 0 Å².